The highest BCUT2D eigenvalue weighted by Gasteiger charge is 2.29. The third-order valence-electron chi connectivity index (χ3n) is 4.66. The number of aromatic amines is 1. The van der Waals surface area contributed by atoms with Gasteiger partial charge in [-0.25, -0.2) is 4.98 Å². The maximum atomic E-state index is 5.40. The maximum absolute atomic E-state index is 5.40. The van der Waals surface area contributed by atoms with Gasteiger partial charge in [0.25, 0.3) is 0 Å². The van der Waals surface area contributed by atoms with Crippen molar-refractivity contribution in [3.05, 3.63) is 41.3 Å². The molecule has 0 radical (unpaired) electrons. The van der Waals surface area contributed by atoms with Gasteiger partial charge in [-0.1, -0.05) is 18.1 Å². The van der Waals surface area contributed by atoms with Crippen LogP contribution in [-0.2, 0) is 13.0 Å². The molecule has 6 nitrogen and oxygen atoms in total. The highest BCUT2D eigenvalue weighted by atomic mass is 16.5. The van der Waals surface area contributed by atoms with Crippen LogP contribution in [0.5, 0.6) is 0 Å². The van der Waals surface area contributed by atoms with Crippen molar-refractivity contribution in [3.63, 3.8) is 0 Å². The summed E-state index contributed by atoms with van der Waals surface area (Å²) in [6.07, 6.45) is 4.17. The van der Waals surface area contributed by atoms with Crippen molar-refractivity contribution < 1.29 is 4.52 Å². The predicted octanol–water partition coefficient (Wildman–Crippen LogP) is 3.54. The smallest absolute Gasteiger partial charge is 0.240 e. The van der Waals surface area contributed by atoms with E-state index in [4.69, 9.17) is 9.51 Å². The molecule has 1 atom stereocenters. The molecule has 1 aromatic carbocycles. The SMILES string of the molecule is CCCc1noc(CN2CCC[C@@H]2c2nc3ccc(C)cc3[nH]2)n1. The molecule has 0 spiro atoms. The van der Waals surface area contributed by atoms with Crippen molar-refractivity contribution in [2.75, 3.05) is 6.54 Å². The van der Waals surface area contributed by atoms with Crippen LogP contribution < -0.4 is 0 Å². The molecular weight excluding hydrogens is 302 g/mol. The summed E-state index contributed by atoms with van der Waals surface area (Å²) >= 11 is 0. The number of nitrogens with one attached hydrogen (secondary N) is 1. The topological polar surface area (TPSA) is 70.8 Å². The molecule has 1 N–H and O–H groups in total. The first-order chi connectivity index (χ1) is 11.7. The Kier molecular flexibility index (Phi) is 4.06. The van der Waals surface area contributed by atoms with Gasteiger partial charge in [0.2, 0.25) is 5.89 Å². The van der Waals surface area contributed by atoms with Crippen LogP contribution in [-0.4, -0.2) is 31.6 Å². The molecular formula is C18H23N5O. The number of imidazole rings is 1. The van der Waals surface area contributed by atoms with Gasteiger partial charge in [0.1, 0.15) is 5.82 Å². The second-order valence-electron chi connectivity index (χ2n) is 6.63. The largest absolute Gasteiger partial charge is 0.341 e. The molecule has 6 heteroatoms. The Balaban J connectivity index is 1.54. The number of fused-ring (bicyclic) bond motifs is 1. The zero-order valence-electron chi connectivity index (χ0n) is 14.2. The normalized spacial score (nSPS) is 18.7. The summed E-state index contributed by atoms with van der Waals surface area (Å²) in [6, 6.07) is 6.63. The molecule has 3 aromatic rings. The van der Waals surface area contributed by atoms with Gasteiger partial charge in [-0.15, -0.1) is 0 Å². The van der Waals surface area contributed by atoms with Crippen LogP contribution in [0.25, 0.3) is 11.0 Å². The zero-order chi connectivity index (χ0) is 16.5. The highest BCUT2D eigenvalue weighted by molar-refractivity contribution is 5.75. The van der Waals surface area contributed by atoms with Crippen LogP contribution >= 0.6 is 0 Å². The Hall–Kier alpha value is -2.21. The molecule has 1 saturated heterocycles. The summed E-state index contributed by atoms with van der Waals surface area (Å²) in [7, 11) is 0. The minimum Gasteiger partial charge on any atom is -0.341 e. The molecule has 24 heavy (non-hydrogen) atoms. The molecule has 0 unspecified atom stereocenters. The van der Waals surface area contributed by atoms with Gasteiger partial charge in [-0.3, -0.25) is 4.90 Å². The van der Waals surface area contributed by atoms with Crippen molar-refractivity contribution in [2.24, 2.45) is 0 Å². The Labute approximate surface area is 141 Å². The van der Waals surface area contributed by atoms with Gasteiger partial charge < -0.3 is 9.51 Å². The number of nitrogens with zero attached hydrogens (tertiary/aromatic N) is 4. The van der Waals surface area contributed by atoms with Crippen molar-refractivity contribution in [3.8, 4) is 0 Å². The van der Waals surface area contributed by atoms with Crippen LogP contribution in [0.2, 0.25) is 0 Å². The third-order valence-corrected chi connectivity index (χ3v) is 4.66. The van der Waals surface area contributed by atoms with Gasteiger partial charge in [0.05, 0.1) is 23.6 Å². The van der Waals surface area contributed by atoms with E-state index in [1.807, 2.05) is 0 Å². The van der Waals surface area contributed by atoms with E-state index in [2.05, 4.69) is 52.1 Å². The fourth-order valence-electron chi connectivity index (χ4n) is 3.48. The van der Waals surface area contributed by atoms with E-state index in [-0.39, 0.29) is 0 Å². The summed E-state index contributed by atoms with van der Waals surface area (Å²) in [6.45, 7) is 5.95. The third kappa shape index (κ3) is 2.94. The van der Waals surface area contributed by atoms with E-state index in [0.29, 0.717) is 18.5 Å². The Morgan fingerprint density at radius 1 is 1.33 bits per heavy atom. The number of aryl methyl sites for hydroxylation is 2. The van der Waals surface area contributed by atoms with Crippen LogP contribution in [0, 0.1) is 6.92 Å². The van der Waals surface area contributed by atoms with E-state index < -0.39 is 0 Å². The Bertz CT molecular complexity index is 837. The first-order valence-corrected chi connectivity index (χ1v) is 8.74. The number of hydrogen-bond acceptors (Lipinski definition) is 5. The van der Waals surface area contributed by atoms with Crippen LogP contribution in [0.4, 0.5) is 0 Å². The molecule has 1 fully saturated rings. The Morgan fingerprint density at radius 3 is 3.12 bits per heavy atom. The van der Waals surface area contributed by atoms with Crippen LogP contribution in [0.3, 0.4) is 0 Å². The van der Waals surface area contributed by atoms with Crippen molar-refractivity contribution in [1.29, 1.82) is 0 Å². The quantitative estimate of drug-likeness (QED) is 0.777. The van der Waals surface area contributed by atoms with Crippen molar-refractivity contribution >= 4 is 11.0 Å². The molecule has 1 aliphatic heterocycles. The fraction of sp³-hybridized carbons (Fsp3) is 0.500. The predicted molar refractivity (Wildman–Crippen MR) is 91.5 cm³/mol. The molecule has 2 aromatic heterocycles. The summed E-state index contributed by atoms with van der Waals surface area (Å²) in [5, 5.41) is 4.05. The van der Waals surface area contributed by atoms with E-state index in [1.165, 1.54) is 5.56 Å². The lowest BCUT2D eigenvalue weighted by Gasteiger charge is -2.20. The molecule has 3 heterocycles. The second-order valence-corrected chi connectivity index (χ2v) is 6.63. The molecule has 0 aliphatic carbocycles. The molecule has 0 bridgehead atoms. The maximum Gasteiger partial charge on any atom is 0.240 e. The molecule has 0 amide bonds. The lowest BCUT2D eigenvalue weighted by Crippen LogP contribution is -2.23. The number of rotatable bonds is 5. The monoisotopic (exact) mass is 325 g/mol. The van der Waals surface area contributed by atoms with Gasteiger partial charge in [0.15, 0.2) is 5.82 Å². The average molecular weight is 325 g/mol. The van der Waals surface area contributed by atoms with Crippen LogP contribution in [0.15, 0.2) is 22.7 Å². The first kappa shape index (κ1) is 15.3. The highest BCUT2D eigenvalue weighted by Crippen LogP contribution is 2.32. The number of hydrogen-bond donors (Lipinski definition) is 1. The van der Waals surface area contributed by atoms with E-state index in [1.54, 1.807) is 0 Å². The molecule has 126 valence electrons. The minimum atomic E-state index is 0.291. The van der Waals surface area contributed by atoms with E-state index in [9.17, 15) is 0 Å². The van der Waals surface area contributed by atoms with Crippen LogP contribution in [0.1, 0.15) is 55.3 Å². The summed E-state index contributed by atoms with van der Waals surface area (Å²) in [5.74, 6) is 2.56. The molecule has 4 rings (SSSR count). The second kappa shape index (κ2) is 6.36. The average Bonchev–Trinajstić information content (AvgIpc) is 3.27. The Morgan fingerprint density at radius 2 is 2.25 bits per heavy atom. The number of aromatic nitrogens is 4. The van der Waals surface area contributed by atoms with Gasteiger partial charge in [-0.05, 0) is 50.4 Å². The zero-order valence-corrected chi connectivity index (χ0v) is 14.2. The van der Waals surface area contributed by atoms with Crippen molar-refractivity contribution in [1.82, 2.24) is 25.0 Å². The molecule has 0 saturated carbocycles. The summed E-state index contributed by atoms with van der Waals surface area (Å²) in [5.41, 5.74) is 3.39. The van der Waals surface area contributed by atoms with E-state index >= 15 is 0 Å². The van der Waals surface area contributed by atoms with Crippen molar-refractivity contribution in [2.45, 2.75) is 52.1 Å². The lowest BCUT2D eigenvalue weighted by molar-refractivity contribution is 0.207. The molecule has 1 aliphatic rings. The number of H-pyrrole nitrogens is 1. The van der Waals surface area contributed by atoms with Gasteiger partial charge >= 0.3 is 0 Å². The van der Waals surface area contributed by atoms with Gasteiger partial charge in [0, 0.05) is 6.42 Å². The fourth-order valence-corrected chi connectivity index (χ4v) is 3.48. The first-order valence-electron chi connectivity index (χ1n) is 8.74. The number of likely N-dealkylation sites (tertiary alicyclic amines) is 1. The minimum absolute atomic E-state index is 0.291. The van der Waals surface area contributed by atoms with E-state index in [0.717, 1.165) is 54.9 Å². The van der Waals surface area contributed by atoms with Gasteiger partial charge in [-0.2, -0.15) is 4.98 Å². The number of benzene rings is 1. The summed E-state index contributed by atoms with van der Waals surface area (Å²) in [4.78, 5) is 15.2. The standard InChI is InChI=1S/C18H23N5O/c1-3-5-16-21-17(24-22-16)11-23-9-4-6-15(23)18-19-13-8-7-12(2)10-14(13)20-18/h7-8,10,15H,3-6,9,11H2,1-2H3,(H,19,20)/t15-/m1/s1. The summed E-state index contributed by atoms with van der Waals surface area (Å²) < 4.78 is 5.40. The lowest BCUT2D eigenvalue weighted by atomic mass is 10.2.